The topological polar surface area (TPSA) is 53.7 Å². The highest BCUT2D eigenvalue weighted by molar-refractivity contribution is 6.31. The molecular weight excluding hydrogens is 266 g/mol. The lowest BCUT2D eigenvalue weighted by molar-refractivity contribution is 0.130. The molecule has 0 aliphatic carbocycles. The molecule has 1 N–H and O–H groups in total. The van der Waals surface area contributed by atoms with E-state index < -0.39 is 6.09 Å². The van der Waals surface area contributed by atoms with E-state index in [1.807, 2.05) is 24.3 Å². The van der Waals surface area contributed by atoms with E-state index in [-0.39, 0.29) is 0 Å². The minimum Gasteiger partial charge on any atom is -0.465 e. The molecule has 1 aliphatic rings. The van der Waals surface area contributed by atoms with Gasteiger partial charge in [-0.05, 0) is 37.1 Å². The summed E-state index contributed by atoms with van der Waals surface area (Å²) < 4.78 is 5.83. The summed E-state index contributed by atoms with van der Waals surface area (Å²) >= 11 is 5.95. The van der Waals surface area contributed by atoms with Crippen LogP contribution in [-0.2, 0) is 0 Å². The Bertz CT molecular complexity index is 614. The van der Waals surface area contributed by atoms with Crippen molar-refractivity contribution in [3.8, 4) is 0 Å². The molecule has 0 unspecified atom stereocenters. The first-order chi connectivity index (χ1) is 9.13. The Labute approximate surface area is 115 Å². The molecule has 2 heterocycles. The van der Waals surface area contributed by atoms with Crippen LogP contribution in [0.3, 0.4) is 0 Å². The summed E-state index contributed by atoms with van der Waals surface area (Å²) in [5, 5.41) is 10.6. The number of hydrogen-bond donors (Lipinski definition) is 1. The highest BCUT2D eigenvalue weighted by Crippen LogP contribution is 2.33. The molecule has 5 heteroatoms. The number of hydrogen-bond acceptors (Lipinski definition) is 2. The lowest BCUT2D eigenvalue weighted by atomic mass is 9.94. The number of piperidine rings is 1. The Balaban J connectivity index is 1.80. The zero-order chi connectivity index (χ0) is 13.4. The maximum Gasteiger partial charge on any atom is 0.407 e. The summed E-state index contributed by atoms with van der Waals surface area (Å²) in [5.74, 6) is 1.23. The third-order valence-corrected chi connectivity index (χ3v) is 3.90. The number of carbonyl (C=O) groups is 1. The van der Waals surface area contributed by atoms with Crippen LogP contribution < -0.4 is 0 Å². The molecule has 0 bridgehead atoms. The van der Waals surface area contributed by atoms with E-state index in [0.29, 0.717) is 24.0 Å². The standard InChI is InChI=1S/C14H14ClNO3/c15-11-1-2-12-10(7-11)8-13(19-12)9-3-5-16(6-4-9)14(17)18/h1-2,7-9H,3-6H2,(H,17,18). The van der Waals surface area contributed by atoms with Crippen molar-refractivity contribution in [2.45, 2.75) is 18.8 Å². The fourth-order valence-electron chi connectivity index (χ4n) is 2.59. The van der Waals surface area contributed by atoms with Gasteiger partial charge in [-0.1, -0.05) is 11.6 Å². The van der Waals surface area contributed by atoms with Crippen LogP contribution in [0.4, 0.5) is 4.79 Å². The number of likely N-dealkylation sites (tertiary alicyclic amines) is 1. The van der Waals surface area contributed by atoms with Crippen LogP contribution >= 0.6 is 11.6 Å². The molecule has 1 aliphatic heterocycles. The second-order valence-electron chi connectivity index (χ2n) is 4.87. The highest BCUT2D eigenvalue weighted by atomic mass is 35.5. The van der Waals surface area contributed by atoms with Gasteiger partial charge in [0.1, 0.15) is 11.3 Å². The zero-order valence-corrected chi connectivity index (χ0v) is 11.1. The average molecular weight is 280 g/mol. The van der Waals surface area contributed by atoms with E-state index in [4.69, 9.17) is 21.1 Å². The predicted octanol–water partition coefficient (Wildman–Crippen LogP) is 3.94. The third kappa shape index (κ3) is 2.40. The van der Waals surface area contributed by atoms with Crippen LogP contribution in [-0.4, -0.2) is 29.2 Å². The molecule has 0 saturated carbocycles. The molecule has 0 spiro atoms. The molecule has 0 atom stereocenters. The second-order valence-corrected chi connectivity index (χ2v) is 5.31. The summed E-state index contributed by atoms with van der Waals surface area (Å²) in [4.78, 5) is 12.3. The fraction of sp³-hybridized carbons (Fsp3) is 0.357. The Kier molecular flexibility index (Phi) is 3.11. The first-order valence-electron chi connectivity index (χ1n) is 6.30. The Morgan fingerprint density at radius 2 is 2.05 bits per heavy atom. The molecule has 19 heavy (non-hydrogen) atoms. The molecule has 1 saturated heterocycles. The lowest BCUT2D eigenvalue weighted by Crippen LogP contribution is -2.36. The summed E-state index contributed by atoms with van der Waals surface area (Å²) in [6.45, 7) is 1.13. The monoisotopic (exact) mass is 279 g/mol. The summed E-state index contributed by atoms with van der Waals surface area (Å²) in [6, 6.07) is 7.58. The van der Waals surface area contributed by atoms with Gasteiger partial charge in [-0.3, -0.25) is 0 Å². The molecule has 2 aromatic rings. The number of fused-ring (bicyclic) bond motifs is 1. The number of nitrogens with zero attached hydrogens (tertiary/aromatic N) is 1. The number of halogens is 1. The minimum atomic E-state index is -0.838. The SMILES string of the molecule is O=C(O)N1CCC(c2cc3cc(Cl)ccc3o2)CC1. The summed E-state index contributed by atoms with van der Waals surface area (Å²) in [5.41, 5.74) is 0.833. The normalized spacial score (nSPS) is 17.0. The average Bonchev–Trinajstić information content (AvgIpc) is 2.81. The van der Waals surface area contributed by atoms with Crippen molar-refractivity contribution in [3.05, 3.63) is 35.0 Å². The van der Waals surface area contributed by atoms with Crippen molar-refractivity contribution in [2.24, 2.45) is 0 Å². The summed E-state index contributed by atoms with van der Waals surface area (Å²) in [6.07, 6.45) is 0.773. The van der Waals surface area contributed by atoms with Gasteiger partial charge in [0.2, 0.25) is 0 Å². The molecule has 0 radical (unpaired) electrons. The van der Waals surface area contributed by atoms with Gasteiger partial charge in [0.25, 0.3) is 0 Å². The first kappa shape index (κ1) is 12.4. The van der Waals surface area contributed by atoms with Crippen LogP contribution in [0.15, 0.2) is 28.7 Å². The number of rotatable bonds is 1. The highest BCUT2D eigenvalue weighted by Gasteiger charge is 2.25. The maximum atomic E-state index is 10.9. The lowest BCUT2D eigenvalue weighted by Gasteiger charge is -2.28. The quantitative estimate of drug-likeness (QED) is 0.860. The van der Waals surface area contributed by atoms with Gasteiger partial charge in [0.05, 0.1) is 0 Å². The van der Waals surface area contributed by atoms with Crippen LogP contribution in [0, 0.1) is 0 Å². The number of amides is 1. The van der Waals surface area contributed by atoms with Crippen LogP contribution in [0.25, 0.3) is 11.0 Å². The van der Waals surface area contributed by atoms with Gasteiger partial charge in [-0.25, -0.2) is 4.79 Å². The number of furan rings is 1. The van der Waals surface area contributed by atoms with Gasteiger partial charge < -0.3 is 14.4 Å². The molecule has 1 aromatic carbocycles. The van der Waals surface area contributed by atoms with Gasteiger partial charge in [-0.15, -0.1) is 0 Å². The van der Waals surface area contributed by atoms with Gasteiger partial charge in [0, 0.05) is 29.4 Å². The Hall–Kier alpha value is -1.68. The minimum absolute atomic E-state index is 0.293. The van der Waals surface area contributed by atoms with E-state index in [9.17, 15) is 4.79 Å². The van der Waals surface area contributed by atoms with Crippen LogP contribution in [0.2, 0.25) is 5.02 Å². The van der Waals surface area contributed by atoms with Crippen molar-refractivity contribution >= 4 is 28.7 Å². The largest absolute Gasteiger partial charge is 0.465 e. The molecule has 1 fully saturated rings. The van der Waals surface area contributed by atoms with Gasteiger partial charge in [-0.2, -0.15) is 0 Å². The number of carboxylic acid groups (broad SMARTS) is 1. The Morgan fingerprint density at radius 1 is 1.32 bits per heavy atom. The van der Waals surface area contributed by atoms with E-state index in [1.165, 1.54) is 4.90 Å². The van der Waals surface area contributed by atoms with Crippen molar-refractivity contribution in [2.75, 3.05) is 13.1 Å². The van der Waals surface area contributed by atoms with E-state index >= 15 is 0 Å². The van der Waals surface area contributed by atoms with E-state index in [1.54, 1.807) is 0 Å². The van der Waals surface area contributed by atoms with Gasteiger partial charge >= 0.3 is 6.09 Å². The van der Waals surface area contributed by atoms with Crippen LogP contribution in [0.5, 0.6) is 0 Å². The Morgan fingerprint density at radius 3 is 2.74 bits per heavy atom. The van der Waals surface area contributed by atoms with Gasteiger partial charge in [0.15, 0.2) is 0 Å². The molecular formula is C14H14ClNO3. The van der Waals surface area contributed by atoms with Crippen molar-refractivity contribution in [1.29, 1.82) is 0 Å². The van der Waals surface area contributed by atoms with Crippen molar-refractivity contribution in [1.82, 2.24) is 4.90 Å². The molecule has 3 rings (SSSR count). The first-order valence-corrected chi connectivity index (χ1v) is 6.68. The number of benzene rings is 1. The molecule has 1 amide bonds. The summed E-state index contributed by atoms with van der Waals surface area (Å²) in [7, 11) is 0. The predicted molar refractivity (Wildman–Crippen MR) is 72.8 cm³/mol. The second kappa shape index (κ2) is 4.78. The van der Waals surface area contributed by atoms with E-state index in [0.717, 1.165) is 29.6 Å². The van der Waals surface area contributed by atoms with Crippen molar-refractivity contribution in [3.63, 3.8) is 0 Å². The fourth-order valence-corrected chi connectivity index (χ4v) is 2.77. The third-order valence-electron chi connectivity index (χ3n) is 3.67. The molecule has 100 valence electrons. The molecule has 1 aromatic heterocycles. The maximum absolute atomic E-state index is 10.9. The zero-order valence-electron chi connectivity index (χ0n) is 10.3. The van der Waals surface area contributed by atoms with Crippen LogP contribution in [0.1, 0.15) is 24.5 Å². The molecule has 4 nitrogen and oxygen atoms in total. The smallest absolute Gasteiger partial charge is 0.407 e. The van der Waals surface area contributed by atoms with Crippen molar-refractivity contribution < 1.29 is 14.3 Å². The van der Waals surface area contributed by atoms with E-state index in [2.05, 4.69) is 0 Å².